The van der Waals surface area contributed by atoms with Crippen LogP contribution in [0.1, 0.15) is 5.69 Å². The van der Waals surface area contributed by atoms with Crippen molar-refractivity contribution in [3.63, 3.8) is 0 Å². The minimum absolute atomic E-state index is 0.518. The van der Waals surface area contributed by atoms with Crippen molar-refractivity contribution >= 4 is 11.4 Å². The van der Waals surface area contributed by atoms with Gasteiger partial charge >= 0.3 is 5.69 Å². The predicted molar refractivity (Wildman–Crippen MR) is 65.8 cm³/mol. The molecular weight excluding hydrogens is 237 g/mol. The Morgan fingerprint density at radius 1 is 1.44 bits per heavy atom. The van der Waals surface area contributed by atoms with Gasteiger partial charge in [-0.3, -0.25) is 10.1 Å². The number of nitrogens with one attached hydrogen (secondary N) is 1. The molecule has 2 rings (SSSR count). The number of benzene rings is 1. The molecule has 0 saturated heterocycles. The Labute approximate surface area is 103 Å². The zero-order chi connectivity index (χ0) is 13.1. The number of rotatable bonds is 4. The standard InChI is InChI=1S/C12H12FN3O2/c1-15-6-2-3-10(15)8-14-9-4-5-11(13)12(7-9)16(17)18/h2-7,14H,8H2,1H3. The van der Waals surface area contributed by atoms with Crippen LogP contribution in [0.5, 0.6) is 0 Å². The highest BCUT2D eigenvalue weighted by Crippen LogP contribution is 2.21. The van der Waals surface area contributed by atoms with E-state index in [0.29, 0.717) is 12.2 Å². The van der Waals surface area contributed by atoms with Crippen LogP contribution in [0.25, 0.3) is 0 Å². The van der Waals surface area contributed by atoms with E-state index < -0.39 is 16.4 Å². The van der Waals surface area contributed by atoms with E-state index in [1.165, 1.54) is 12.1 Å². The van der Waals surface area contributed by atoms with Gasteiger partial charge in [-0.25, -0.2) is 0 Å². The average Bonchev–Trinajstić information content (AvgIpc) is 2.73. The Balaban J connectivity index is 2.13. The Morgan fingerprint density at radius 3 is 2.83 bits per heavy atom. The number of hydrogen-bond donors (Lipinski definition) is 1. The number of nitrogens with zero attached hydrogens (tertiary/aromatic N) is 2. The van der Waals surface area contributed by atoms with Gasteiger partial charge in [0.1, 0.15) is 0 Å². The lowest BCUT2D eigenvalue weighted by atomic mass is 10.2. The normalized spacial score (nSPS) is 10.3. The summed E-state index contributed by atoms with van der Waals surface area (Å²) in [6.07, 6.45) is 1.91. The maximum Gasteiger partial charge on any atom is 0.306 e. The van der Waals surface area contributed by atoms with Crippen LogP contribution < -0.4 is 5.32 Å². The van der Waals surface area contributed by atoms with Gasteiger partial charge in [-0.05, 0) is 24.3 Å². The van der Waals surface area contributed by atoms with Crippen molar-refractivity contribution in [2.24, 2.45) is 7.05 Å². The van der Waals surface area contributed by atoms with Crippen LogP contribution in [0, 0.1) is 15.9 Å². The van der Waals surface area contributed by atoms with E-state index in [1.807, 2.05) is 29.9 Å². The molecule has 1 heterocycles. The first-order valence-electron chi connectivity index (χ1n) is 5.36. The largest absolute Gasteiger partial charge is 0.379 e. The van der Waals surface area contributed by atoms with Gasteiger partial charge in [0.2, 0.25) is 5.82 Å². The molecule has 0 spiro atoms. The molecule has 0 aliphatic carbocycles. The van der Waals surface area contributed by atoms with Gasteiger partial charge in [0.05, 0.1) is 11.5 Å². The highest BCUT2D eigenvalue weighted by atomic mass is 19.1. The average molecular weight is 249 g/mol. The SMILES string of the molecule is Cn1cccc1CNc1ccc(F)c([N+](=O)[O-])c1. The minimum Gasteiger partial charge on any atom is -0.379 e. The smallest absolute Gasteiger partial charge is 0.306 e. The molecule has 0 unspecified atom stereocenters. The highest BCUT2D eigenvalue weighted by Gasteiger charge is 2.14. The van der Waals surface area contributed by atoms with Crippen molar-refractivity contribution in [3.05, 3.63) is 58.2 Å². The number of aromatic nitrogens is 1. The first-order chi connectivity index (χ1) is 8.58. The number of anilines is 1. The summed E-state index contributed by atoms with van der Waals surface area (Å²) in [5.41, 5.74) is 1.03. The van der Waals surface area contributed by atoms with E-state index in [-0.39, 0.29) is 0 Å². The van der Waals surface area contributed by atoms with Crippen LogP contribution in [0.4, 0.5) is 15.8 Å². The van der Waals surface area contributed by atoms with Crippen molar-refractivity contribution in [1.82, 2.24) is 4.57 Å². The molecule has 0 aliphatic rings. The highest BCUT2D eigenvalue weighted by molar-refractivity contribution is 5.51. The number of nitro benzene ring substituents is 1. The maximum absolute atomic E-state index is 13.1. The molecule has 94 valence electrons. The van der Waals surface area contributed by atoms with E-state index in [9.17, 15) is 14.5 Å². The zero-order valence-electron chi connectivity index (χ0n) is 9.76. The lowest BCUT2D eigenvalue weighted by molar-refractivity contribution is -0.387. The summed E-state index contributed by atoms with van der Waals surface area (Å²) in [6.45, 7) is 0.520. The lowest BCUT2D eigenvalue weighted by Crippen LogP contribution is -2.04. The molecule has 18 heavy (non-hydrogen) atoms. The molecule has 0 aliphatic heterocycles. The van der Waals surface area contributed by atoms with Gasteiger partial charge in [0.15, 0.2) is 0 Å². The van der Waals surface area contributed by atoms with Gasteiger partial charge < -0.3 is 9.88 Å². The second kappa shape index (κ2) is 4.87. The molecule has 1 aromatic heterocycles. The van der Waals surface area contributed by atoms with E-state index in [4.69, 9.17) is 0 Å². The van der Waals surface area contributed by atoms with Crippen molar-refractivity contribution in [2.75, 3.05) is 5.32 Å². The minimum atomic E-state index is -0.829. The van der Waals surface area contributed by atoms with Crippen LogP contribution in [0.2, 0.25) is 0 Å². The van der Waals surface area contributed by atoms with Crippen LogP contribution in [-0.2, 0) is 13.6 Å². The Bertz CT molecular complexity index is 580. The Morgan fingerprint density at radius 2 is 2.22 bits per heavy atom. The van der Waals surface area contributed by atoms with Gasteiger partial charge in [-0.1, -0.05) is 0 Å². The second-order valence-corrected chi connectivity index (χ2v) is 3.89. The van der Waals surface area contributed by atoms with Crippen LogP contribution in [0.3, 0.4) is 0 Å². The molecule has 0 bridgehead atoms. The molecule has 0 radical (unpaired) electrons. The van der Waals surface area contributed by atoms with Crippen molar-refractivity contribution in [1.29, 1.82) is 0 Å². The molecule has 5 nitrogen and oxygen atoms in total. The fourth-order valence-corrected chi connectivity index (χ4v) is 1.64. The summed E-state index contributed by atoms with van der Waals surface area (Å²) >= 11 is 0. The van der Waals surface area contributed by atoms with Crippen molar-refractivity contribution in [3.8, 4) is 0 Å². The molecule has 1 aromatic carbocycles. The predicted octanol–water partition coefficient (Wildman–Crippen LogP) is 2.68. The number of nitro groups is 1. The second-order valence-electron chi connectivity index (χ2n) is 3.89. The number of halogens is 1. The molecular formula is C12H12FN3O2. The third-order valence-electron chi connectivity index (χ3n) is 2.67. The van der Waals surface area contributed by atoms with Gasteiger partial charge in [0, 0.05) is 30.7 Å². The fraction of sp³-hybridized carbons (Fsp3) is 0.167. The molecule has 0 amide bonds. The van der Waals surface area contributed by atoms with Gasteiger partial charge in [-0.2, -0.15) is 4.39 Å². The summed E-state index contributed by atoms with van der Waals surface area (Å²) in [5.74, 6) is -0.829. The maximum atomic E-state index is 13.1. The fourth-order valence-electron chi connectivity index (χ4n) is 1.64. The van der Waals surface area contributed by atoms with E-state index in [2.05, 4.69) is 5.32 Å². The van der Waals surface area contributed by atoms with E-state index in [1.54, 1.807) is 0 Å². The molecule has 0 saturated carbocycles. The molecule has 0 fully saturated rings. The molecule has 0 atom stereocenters. The third-order valence-corrected chi connectivity index (χ3v) is 2.67. The van der Waals surface area contributed by atoms with Crippen LogP contribution >= 0.6 is 0 Å². The number of aryl methyl sites for hydroxylation is 1. The monoisotopic (exact) mass is 249 g/mol. The third kappa shape index (κ3) is 2.48. The first kappa shape index (κ1) is 12.1. The summed E-state index contributed by atoms with van der Waals surface area (Å²) < 4.78 is 15.1. The van der Waals surface area contributed by atoms with Crippen LogP contribution in [-0.4, -0.2) is 9.49 Å². The lowest BCUT2D eigenvalue weighted by Gasteiger charge is -2.07. The summed E-state index contributed by atoms with van der Waals surface area (Å²) in [5, 5.41) is 13.6. The zero-order valence-corrected chi connectivity index (χ0v) is 9.76. The van der Waals surface area contributed by atoms with Gasteiger partial charge in [-0.15, -0.1) is 0 Å². The van der Waals surface area contributed by atoms with Crippen molar-refractivity contribution in [2.45, 2.75) is 6.54 Å². The number of hydrogen-bond acceptors (Lipinski definition) is 3. The van der Waals surface area contributed by atoms with Crippen LogP contribution in [0.15, 0.2) is 36.5 Å². The summed E-state index contributed by atoms with van der Waals surface area (Å²) in [4.78, 5) is 9.86. The summed E-state index contributed by atoms with van der Waals surface area (Å²) in [7, 11) is 1.91. The molecule has 6 heteroatoms. The van der Waals surface area contributed by atoms with E-state index in [0.717, 1.165) is 11.8 Å². The molecule has 2 aromatic rings. The first-order valence-corrected chi connectivity index (χ1v) is 5.36. The summed E-state index contributed by atoms with van der Waals surface area (Å²) in [6, 6.07) is 7.60. The topological polar surface area (TPSA) is 60.1 Å². The molecule has 1 N–H and O–H groups in total. The quantitative estimate of drug-likeness (QED) is 0.669. The Hall–Kier alpha value is -2.37. The van der Waals surface area contributed by atoms with Crippen molar-refractivity contribution < 1.29 is 9.31 Å². The van der Waals surface area contributed by atoms with Gasteiger partial charge in [0.25, 0.3) is 0 Å². The Kier molecular flexibility index (Phi) is 3.27. The van der Waals surface area contributed by atoms with E-state index >= 15 is 0 Å².